The fourth-order valence-electron chi connectivity index (χ4n) is 4.85. The van der Waals surface area contributed by atoms with Gasteiger partial charge in [-0.25, -0.2) is 23.5 Å². The van der Waals surface area contributed by atoms with Crippen molar-refractivity contribution in [3.8, 4) is 11.1 Å². The summed E-state index contributed by atoms with van der Waals surface area (Å²) in [5.74, 6) is -3.38. The van der Waals surface area contributed by atoms with E-state index < -0.39 is 28.6 Å². The number of carboxylic acids is 1. The van der Waals surface area contributed by atoms with Crippen molar-refractivity contribution in [3.63, 3.8) is 0 Å². The molecule has 1 aromatic carbocycles. The number of fused-ring (bicyclic) bond motifs is 4. The summed E-state index contributed by atoms with van der Waals surface area (Å²) in [5.41, 5.74) is 1.69. The van der Waals surface area contributed by atoms with Crippen molar-refractivity contribution < 1.29 is 18.7 Å². The third-order valence-electron chi connectivity index (χ3n) is 6.71. The molecule has 39 heavy (non-hydrogen) atoms. The lowest BCUT2D eigenvalue weighted by Gasteiger charge is -2.19. The van der Waals surface area contributed by atoms with Crippen molar-refractivity contribution in [2.75, 3.05) is 44.4 Å². The molecular formula is C27H27F2N7O3. The number of aromatic nitrogens is 4. The number of pyridine rings is 3. The van der Waals surface area contributed by atoms with Gasteiger partial charge in [0, 0.05) is 56.9 Å². The number of aromatic carboxylic acids is 1. The number of aromatic amines is 2. The van der Waals surface area contributed by atoms with Gasteiger partial charge in [-0.3, -0.25) is 4.79 Å². The van der Waals surface area contributed by atoms with E-state index in [-0.39, 0.29) is 16.4 Å². The van der Waals surface area contributed by atoms with Crippen LogP contribution in [-0.2, 0) is 0 Å². The van der Waals surface area contributed by atoms with Gasteiger partial charge >= 0.3 is 5.97 Å². The highest BCUT2D eigenvalue weighted by molar-refractivity contribution is 6.18. The van der Waals surface area contributed by atoms with Crippen LogP contribution in [0.3, 0.4) is 0 Å². The molecule has 202 valence electrons. The van der Waals surface area contributed by atoms with Crippen molar-refractivity contribution >= 4 is 50.3 Å². The molecule has 0 radical (unpaired) electrons. The van der Waals surface area contributed by atoms with Crippen LogP contribution < -0.4 is 21.0 Å². The van der Waals surface area contributed by atoms with E-state index >= 15 is 4.39 Å². The second-order valence-electron chi connectivity index (χ2n) is 9.40. The number of H-pyrrole nitrogens is 2. The molecule has 4 aromatic heterocycles. The number of benzene rings is 1. The van der Waals surface area contributed by atoms with Gasteiger partial charge in [-0.1, -0.05) is 0 Å². The van der Waals surface area contributed by atoms with Crippen LogP contribution in [0, 0.1) is 11.6 Å². The Bertz CT molecular complexity index is 1780. The molecule has 12 heteroatoms. The second kappa shape index (κ2) is 10.3. The quantitative estimate of drug-likeness (QED) is 0.232. The van der Waals surface area contributed by atoms with Crippen LogP contribution in [0.1, 0.15) is 23.2 Å². The predicted octanol–water partition coefficient (Wildman–Crippen LogP) is 4.07. The van der Waals surface area contributed by atoms with Gasteiger partial charge < -0.3 is 30.6 Å². The molecule has 0 bridgehead atoms. The van der Waals surface area contributed by atoms with Crippen LogP contribution in [-0.4, -0.2) is 65.2 Å². The molecule has 1 fully saturated rings. The Morgan fingerprint density at radius 2 is 1.79 bits per heavy atom. The summed E-state index contributed by atoms with van der Waals surface area (Å²) in [6.45, 7) is 2.50. The molecule has 0 aliphatic carbocycles. The minimum absolute atomic E-state index is 0.0390. The summed E-state index contributed by atoms with van der Waals surface area (Å²) in [6.07, 6.45) is 6.92. The maximum atomic E-state index is 15.1. The first-order chi connectivity index (χ1) is 18.7. The van der Waals surface area contributed by atoms with Gasteiger partial charge in [-0.05, 0) is 32.0 Å². The second-order valence-corrected chi connectivity index (χ2v) is 9.40. The van der Waals surface area contributed by atoms with E-state index in [9.17, 15) is 19.1 Å². The monoisotopic (exact) mass is 535 g/mol. The van der Waals surface area contributed by atoms with Crippen LogP contribution in [0.2, 0.25) is 0 Å². The number of rotatable bonds is 4. The smallest absolute Gasteiger partial charge is 0.341 e. The molecule has 5 N–H and O–H groups in total. The number of carbonyl (C=O) groups is 1. The normalized spacial score (nSPS) is 13.1. The molecule has 0 unspecified atom stereocenters. The standard InChI is InChI=1S/C23H18F2N6O3.C4H9N/c1-26-14-5-13(24)17(25)15-16-19(31(2)3)11(7-29-22(16)30-18(14)15)9-4-10-20(32)12(23(33)34)8-28-21(10)27-6-9;1-2-4-5-3-1/h4-8,26H,1-3H3,(H,29,30)(H,33,34)(H,27,28,32);5H,1-4H2. The zero-order chi connectivity index (χ0) is 27.8. The SMILES string of the molecule is C1CCNC1.CNc1cc(F)c(F)c2c1[nH]c1ncc(-c3cnc4[nH]cc(C(=O)O)c(=O)c4c3)c(N(C)C)c12. The van der Waals surface area contributed by atoms with Gasteiger partial charge in [0.2, 0.25) is 5.43 Å². The van der Waals surface area contributed by atoms with E-state index in [0.717, 1.165) is 12.3 Å². The Labute approximate surface area is 221 Å². The van der Waals surface area contributed by atoms with Crippen molar-refractivity contribution in [3.05, 3.63) is 58.1 Å². The molecule has 0 amide bonds. The first-order valence-electron chi connectivity index (χ1n) is 12.4. The lowest BCUT2D eigenvalue weighted by Crippen LogP contribution is -2.16. The number of halogens is 2. The Morgan fingerprint density at radius 3 is 2.41 bits per heavy atom. The van der Waals surface area contributed by atoms with Crippen LogP contribution >= 0.6 is 0 Å². The van der Waals surface area contributed by atoms with Crippen LogP contribution in [0.4, 0.5) is 20.2 Å². The fraction of sp³-hybridized carbons (Fsp3) is 0.259. The summed E-state index contributed by atoms with van der Waals surface area (Å²) in [5, 5.41) is 15.8. The average Bonchev–Trinajstić information content (AvgIpc) is 3.62. The zero-order valence-electron chi connectivity index (χ0n) is 21.6. The summed E-state index contributed by atoms with van der Waals surface area (Å²) in [7, 11) is 5.10. The Balaban J connectivity index is 0.000000555. The molecular weight excluding hydrogens is 508 g/mol. The highest BCUT2D eigenvalue weighted by Gasteiger charge is 2.23. The van der Waals surface area contributed by atoms with E-state index in [0.29, 0.717) is 39.1 Å². The van der Waals surface area contributed by atoms with E-state index in [4.69, 9.17) is 0 Å². The minimum atomic E-state index is -1.36. The molecule has 0 spiro atoms. The maximum Gasteiger partial charge on any atom is 0.341 e. The fourth-order valence-corrected chi connectivity index (χ4v) is 4.85. The molecule has 5 aromatic rings. The van der Waals surface area contributed by atoms with Crippen molar-refractivity contribution in [2.24, 2.45) is 0 Å². The van der Waals surface area contributed by atoms with Crippen molar-refractivity contribution in [2.45, 2.75) is 12.8 Å². The summed E-state index contributed by atoms with van der Waals surface area (Å²) in [6, 6.07) is 2.58. The Morgan fingerprint density at radius 1 is 1.08 bits per heavy atom. The van der Waals surface area contributed by atoms with Gasteiger partial charge in [0.25, 0.3) is 0 Å². The van der Waals surface area contributed by atoms with E-state index in [1.807, 2.05) is 0 Å². The third-order valence-corrected chi connectivity index (χ3v) is 6.71. The largest absolute Gasteiger partial charge is 0.477 e. The number of hydrogen-bond acceptors (Lipinski definition) is 7. The third kappa shape index (κ3) is 4.52. The number of nitrogens with one attached hydrogen (secondary N) is 4. The summed E-state index contributed by atoms with van der Waals surface area (Å²) >= 11 is 0. The highest BCUT2D eigenvalue weighted by atomic mass is 19.2. The lowest BCUT2D eigenvalue weighted by molar-refractivity contribution is 0.0695. The molecule has 5 heterocycles. The predicted molar refractivity (Wildman–Crippen MR) is 148 cm³/mol. The van der Waals surface area contributed by atoms with E-state index in [1.165, 1.54) is 38.2 Å². The molecule has 0 atom stereocenters. The van der Waals surface area contributed by atoms with Gasteiger partial charge in [0.15, 0.2) is 11.6 Å². The van der Waals surface area contributed by atoms with Crippen LogP contribution in [0.25, 0.3) is 44.1 Å². The van der Waals surface area contributed by atoms with E-state index in [1.54, 1.807) is 32.2 Å². The number of nitrogens with zero attached hydrogens (tertiary/aromatic N) is 3. The molecule has 1 saturated heterocycles. The van der Waals surface area contributed by atoms with Crippen LogP contribution in [0.5, 0.6) is 0 Å². The first kappa shape index (κ1) is 26.0. The maximum absolute atomic E-state index is 15.1. The van der Waals surface area contributed by atoms with Crippen LogP contribution in [0.15, 0.2) is 35.5 Å². The van der Waals surface area contributed by atoms with E-state index in [2.05, 4.69) is 30.6 Å². The van der Waals surface area contributed by atoms with Gasteiger partial charge in [-0.15, -0.1) is 0 Å². The first-order valence-corrected chi connectivity index (χ1v) is 12.4. The number of carboxylic acid groups (broad SMARTS) is 1. The van der Waals surface area contributed by atoms with Gasteiger partial charge in [-0.2, -0.15) is 0 Å². The topological polar surface area (TPSA) is 139 Å². The minimum Gasteiger partial charge on any atom is -0.477 e. The Hall–Kier alpha value is -4.58. The average molecular weight is 536 g/mol. The molecule has 1 aliphatic heterocycles. The Kier molecular flexibility index (Phi) is 6.87. The highest BCUT2D eigenvalue weighted by Crippen LogP contribution is 2.42. The van der Waals surface area contributed by atoms with Crippen molar-refractivity contribution in [1.82, 2.24) is 25.3 Å². The van der Waals surface area contributed by atoms with Crippen molar-refractivity contribution in [1.29, 1.82) is 0 Å². The summed E-state index contributed by atoms with van der Waals surface area (Å²) in [4.78, 5) is 40.3. The molecule has 1 aliphatic rings. The molecule has 6 rings (SSSR count). The number of hydrogen-bond donors (Lipinski definition) is 5. The van der Waals surface area contributed by atoms with Gasteiger partial charge in [0.1, 0.15) is 16.9 Å². The van der Waals surface area contributed by atoms with Gasteiger partial charge in [0.05, 0.1) is 33.1 Å². The lowest BCUT2D eigenvalue weighted by atomic mass is 10.0. The molecule has 0 saturated carbocycles. The zero-order valence-corrected chi connectivity index (χ0v) is 21.6. The summed E-state index contributed by atoms with van der Waals surface area (Å²) < 4.78 is 29.5. The number of anilines is 2. The molecule has 10 nitrogen and oxygen atoms in total.